The molecule has 6 heteroatoms. The van der Waals surface area contributed by atoms with Crippen molar-refractivity contribution in [1.29, 1.82) is 0 Å². The van der Waals surface area contributed by atoms with Gasteiger partial charge < -0.3 is 9.64 Å². The van der Waals surface area contributed by atoms with E-state index in [4.69, 9.17) is 4.74 Å². The van der Waals surface area contributed by atoms with Crippen LogP contribution in [0.1, 0.15) is 27.1 Å². The van der Waals surface area contributed by atoms with Gasteiger partial charge in [0.15, 0.2) is 0 Å². The van der Waals surface area contributed by atoms with Crippen LogP contribution in [0.4, 0.5) is 0 Å². The highest BCUT2D eigenvalue weighted by atomic mass is 16.5. The van der Waals surface area contributed by atoms with Gasteiger partial charge >= 0.3 is 0 Å². The summed E-state index contributed by atoms with van der Waals surface area (Å²) < 4.78 is 5.17. The Labute approximate surface area is 122 Å². The molecule has 21 heavy (non-hydrogen) atoms. The van der Waals surface area contributed by atoms with E-state index >= 15 is 0 Å². The van der Waals surface area contributed by atoms with Crippen molar-refractivity contribution in [3.8, 4) is 0 Å². The van der Waals surface area contributed by atoms with Crippen molar-refractivity contribution in [3.05, 3.63) is 35.4 Å². The van der Waals surface area contributed by atoms with Gasteiger partial charge in [-0.3, -0.25) is 19.3 Å². The third-order valence-corrected chi connectivity index (χ3v) is 3.98. The minimum atomic E-state index is -0.287. The number of ether oxygens (including phenoxy) is 1. The number of amides is 3. The number of rotatable bonds is 4. The molecule has 1 atom stereocenters. The Kier molecular flexibility index (Phi) is 3.47. The number of benzene rings is 1. The SMILES string of the molecule is CO[C@H]1CC(=O)N(CCN2C(=O)c3ccccc3C2=O)C1. The van der Waals surface area contributed by atoms with Gasteiger partial charge in [0.25, 0.3) is 11.8 Å². The third-order valence-electron chi connectivity index (χ3n) is 3.98. The van der Waals surface area contributed by atoms with Crippen molar-refractivity contribution < 1.29 is 19.1 Å². The molecule has 0 aromatic heterocycles. The van der Waals surface area contributed by atoms with Gasteiger partial charge in [0.2, 0.25) is 5.91 Å². The molecule has 0 unspecified atom stereocenters. The van der Waals surface area contributed by atoms with E-state index < -0.39 is 0 Å². The Balaban J connectivity index is 1.66. The first-order valence-corrected chi connectivity index (χ1v) is 6.87. The van der Waals surface area contributed by atoms with Crippen LogP contribution in [-0.4, -0.2) is 60.4 Å². The average Bonchev–Trinajstić information content (AvgIpc) is 2.97. The lowest BCUT2D eigenvalue weighted by Gasteiger charge is -2.20. The summed E-state index contributed by atoms with van der Waals surface area (Å²) in [6.07, 6.45) is 0.262. The Morgan fingerprint density at radius 2 is 1.71 bits per heavy atom. The van der Waals surface area contributed by atoms with E-state index in [1.54, 1.807) is 36.3 Å². The van der Waals surface area contributed by atoms with E-state index in [9.17, 15) is 14.4 Å². The maximum absolute atomic E-state index is 12.2. The first-order chi connectivity index (χ1) is 10.1. The fourth-order valence-electron chi connectivity index (χ4n) is 2.77. The summed E-state index contributed by atoms with van der Waals surface area (Å²) in [7, 11) is 1.58. The second-order valence-corrected chi connectivity index (χ2v) is 5.21. The van der Waals surface area contributed by atoms with E-state index in [1.165, 1.54) is 4.90 Å². The fraction of sp³-hybridized carbons (Fsp3) is 0.400. The van der Waals surface area contributed by atoms with E-state index in [2.05, 4.69) is 0 Å². The van der Waals surface area contributed by atoms with Gasteiger partial charge in [0, 0.05) is 26.7 Å². The lowest BCUT2D eigenvalue weighted by atomic mass is 10.1. The highest BCUT2D eigenvalue weighted by molar-refractivity contribution is 6.21. The highest BCUT2D eigenvalue weighted by Gasteiger charge is 2.36. The molecular formula is C15H16N2O4. The van der Waals surface area contributed by atoms with E-state index in [0.29, 0.717) is 30.6 Å². The molecule has 0 bridgehead atoms. The van der Waals surface area contributed by atoms with Crippen molar-refractivity contribution >= 4 is 17.7 Å². The standard InChI is InChI=1S/C15H16N2O4/c1-21-10-8-13(18)16(9-10)6-7-17-14(19)11-4-2-3-5-12(11)15(17)20/h2-5,10H,6-9H2,1H3/t10-/m0/s1. The Morgan fingerprint density at radius 1 is 1.10 bits per heavy atom. The molecule has 2 aliphatic rings. The topological polar surface area (TPSA) is 66.9 Å². The van der Waals surface area contributed by atoms with Crippen molar-refractivity contribution in [2.45, 2.75) is 12.5 Å². The molecular weight excluding hydrogens is 272 g/mol. The summed E-state index contributed by atoms with van der Waals surface area (Å²) in [5.74, 6) is -0.575. The maximum atomic E-state index is 12.2. The number of hydrogen-bond donors (Lipinski definition) is 0. The summed E-state index contributed by atoms with van der Waals surface area (Å²) in [6, 6.07) is 6.77. The zero-order valence-corrected chi connectivity index (χ0v) is 11.7. The van der Waals surface area contributed by atoms with E-state index in [-0.39, 0.29) is 30.4 Å². The quantitative estimate of drug-likeness (QED) is 0.758. The Morgan fingerprint density at radius 3 is 2.24 bits per heavy atom. The summed E-state index contributed by atoms with van der Waals surface area (Å²) in [6.45, 7) is 1.08. The Bertz CT molecular complexity index is 578. The Hall–Kier alpha value is -2.21. The van der Waals surface area contributed by atoms with Crippen LogP contribution in [0.5, 0.6) is 0 Å². The van der Waals surface area contributed by atoms with Gasteiger partial charge in [-0.05, 0) is 12.1 Å². The molecule has 0 radical (unpaired) electrons. The molecule has 6 nitrogen and oxygen atoms in total. The molecule has 3 rings (SSSR count). The monoisotopic (exact) mass is 288 g/mol. The first kappa shape index (κ1) is 13.8. The zero-order valence-electron chi connectivity index (χ0n) is 11.7. The molecule has 1 fully saturated rings. The molecule has 2 heterocycles. The van der Waals surface area contributed by atoms with Crippen molar-refractivity contribution in [1.82, 2.24) is 9.80 Å². The zero-order chi connectivity index (χ0) is 15.0. The normalized spacial score (nSPS) is 21.4. The van der Waals surface area contributed by atoms with Gasteiger partial charge in [0.05, 0.1) is 23.7 Å². The summed E-state index contributed by atoms with van der Waals surface area (Å²) in [4.78, 5) is 39.0. The lowest BCUT2D eigenvalue weighted by Crippen LogP contribution is -2.39. The summed E-state index contributed by atoms with van der Waals surface area (Å²) in [5, 5.41) is 0. The third kappa shape index (κ3) is 2.31. The molecule has 1 saturated heterocycles. The van der Waals surface area contributed by atoms with Crippen LogP contribution < -0.4 is 0 Å². The smallest absolute Gasteiger partial charge is 0.261 e. The number of carbonyl (C=O) groups is 3. The first-order valence-electron chi connectivity index (χ1n) is 6.87. The molecule has 2 aliphatic heterocycles. The molecule has 0 spiro atoms. The number of imide groups is 1. The van der Waals surface area contributed by atoms with Crippen LogP contribution in [0.15, 0.2) is 24.3 Å². The number of nitrogens with zero attached hydrogens (tertiary/aromatic N) is 2. The van der Waals surface area contributed by atoms with Crippen LogP contribution in [-0.2, 0) is 9.53 Å². The van der Waals surface area contributed by atoms with Gasteiger partial charge in [-0.15, -0.1) is 0 Å². The molecule has 3 amide bonds. The van der Waals surface area contributed by atoms with Gasteiger partial charge in [-0.2, -0.15) is 0 Å². The molecule has 1 aromatic rings. The molecule has 0 aliphatic carbocycles. The molecule has 0 saturated carbocycles. The predicted octanol–water partition coefficient (Wildman–Crippen LogP) is 0.530. The van der Waals surface area contributed by atoms with Gasteiger partial charge in [0.1, 0.15) is 0 Å². The molecule has 0 N–H and O–H groups in total. The van der Waals surface area contributed by atoms with Crippen LogP contribution >= 0.6 is 0 Å². The number of methoxy groups -OCH3 is 1. The average molecular weight is 288 g/mol. The van der Waals surface area contributed by atoms with E-state index in [1.807, 2.05) is 0 Å². The molecule has 1 aromatic carbocycles. The van der Waals surface area contributed by atoms with Crippen LogP contribution in [0.25, 0.3) is 0 Å². The minimum Gasteiger partial charge on any atom is -0.379 e. The van der Waals surface area contributed by atoms with E-state index in [0.717, 1.165) is 0 Å². The number of hydrogen-bond acceptors (Lipinski definition) is 4. The van der Waals surface area contributed by atoms with Crippen molar-refractivity contribution in [2.75, 3.05) is 26.7 Å². The van der Waals surface area contributed by atoms with Gasteiger partial charge in [-0.1, -0.05) is 12.1 Å². The molecule has 110 valence electrons. The largest absolute Gasteiger partial charge is 0.379 e. The highest BCUT2D eigenvalue weighted by Crippen LogP contribution is 2.22. The summed E-state index contributed by atoms with van der Waals surface area (Å²) in [5.41, 5.74) is 0.870. The van der Waals surface area contributed by atoms with Crippen molar-refractivity contribution in [2.24, 2.45) is 0 Å². The number of carbonyl (C=O) groups excluding carboxylic acids is 3. The second kappa shape index (κ2) is 5.29. The van der Waals surface area contributed by atoms with Crippen LogP contribution in [0.3, 0.4) is 0 Å². The maximum Gasteiger partial charge on any atom is 0.261 e. The fourth-order valence-corrected chi connectivity index (χ4v) is 2.77. The van der Waals surface area contributed by atoms with Crippen LogP contribution in [0.2, 0.25) is 0 Å². The summed E-state index contributed by atoms with van der Waals surface area (Å²) >= 11 is 0. The van der Waals surface area contributed by atoms with Gasteiger partial charge in [-0.25, -0.2) is 0 Å². The predicted molar refractivity (Wildman–Crippen MR) is 73.8 cm³/mol. The van der Waals surface area contributed by atoms with Crippen LogP contribution in [0, 0.1) is 0 Å². The van der Waals surface area contributed by atoms with Crippen molar-refractivity contribution in [3.63, 3.8) is 0 Å². The number of fused-ring (bicyclic) bond motifs is 1. The lowest BCUT2D eigenvalue weighted by molar-refractivity contribution is -0.127. The minimum absolute atomic E-state index is 0.00143. The second-order valence-electron chi connectivity index (χ2n) is 5.21. The number of likely N-dealkylation sites (tertiary alicyclic amines) is 1.